The van der Waals surface area contributed by atoms with Crippen LogP contribution in [0.1, 0.15) is 16.1 Å². The Bertz CT molecular complexity index is 678. The second-order valence-electron chi connectivity index (χ2n) is 5.50. The lowest BCUT2D eigenvalue weighted by Crippen LogP contribution is -2.53. The van der Waals surface area contributed by atoms with Gasteiger partial charge in [-0.1, -0.05) is 30.3 Å². The predicted octanol–water partition coefficient (Wildman–Crippen LogP) is 1.30. The van der Waals surface area contributed by atoms with E-state index in [0.29, 0.717) is 18.8 Å². The molecular formula is C17H19N3O2. The molecule has 0 saturated carbocycles. The number of likely N-dealkylation sites (N-methyl/N-ethyl adjacent to an activating group) is 1. The topological polar surface area (TPSA) is 54.3 Å². The Kier molecular flexibility index (Phi) is 3.96. The number of amides is 2. The fraction of sp³-hybridized carbons (Fsp3) is 0.294. The van der Waals surface area contributed by atoms with Gasteiger partial charge in [0.1, 0.15) is 11.7 Å². The van der Waals surface area contributed by atoms with Crippen molar-refractivity contribution in [2.24, 2.45) is 0 Å². The van der Waals surface area contributed by atoms with E-state index in [9.17, 15) is 9.59 Å². The van der Waals surface area contributed by atoms with Crippen molar-refractivity contribution in [1.29, 1.82) is 0 Å². The Morgan fingerprint density at radius 3 is 2.77 bits per heavy atom. The lowest BCUT2D eigenvalue weighted by molar-refractivity contribution is -0.126. The summed E-state index contributed by atoms with van der Waals surface area (Å²) < 4.78 is 1.84. The van der Waals surface area contributed by atoms with Gasteiger partial charge >= 0.3 is 0 Å². The number of aromatic nitrogens is 1. The fourth-order valence-corrected chi connectivity index (χ4v) is 2.75. The molecule has 0 fully saturated rings. The van der Waals surface area contributed by atoms with Gasteiger partial charge in [0.15, 0.2) is 0 Å². The minimum atomic E-state index is -0.455. The third-order valence-corrected chi connectivity index (χ3v) is 4.06. The van der Waals surface area contributed by atoms with Crippen LogP contribution in [0.3, 0.4) is 0 Å². The molecule has 22 heavy (non-hydrogen) atoms. The molecule has 114 valence electrons. The lowest BCUT2D eigenvalue weighted by Gasteiger charge is -2.32. The van der Waals surface area contributed by atoms with Crippen molar-refractivity contribution in [2.45, 2.75) is 19.0 Å². The zero-order valence-electron chi connectivity index (χ0n) is 12.5. The molecular weight excluding hydrogens is 278 g/mol. The summed E-state index contributed by atoms with van der Waals surface area (Å²) in [5.41, 5.74) is 1.82. The number of carbonyl (C=O) groups excluding carboxylic acids is 2. The second-order valence-corrected chi connectivity index (χ2v) is 5.50. The molecule has 0 bridgehead atoms. The maximum Gasteiger partial charge on any atom is 0.270 e. The van der Waals surface area contributed by atoms with Crippen LogP contribution in [0.4, 0.5) is 0 Å². The van der Waals surface area contributed by atoms with Gasteiger partial charge in [-0.3, -0.25) is 9.59 Å². The van der Waals surface area contributed by atoms with Crippen molar-refractivity contribution < 1.29 is 9.59 Å². The summed E-state index contributed by atoms with van der Waals surface area (Å²) in [5, 5.41) is 2.93. The molecule has 1 aromatic heterocycles. The predicted molar refractivity (Wildman–Crippen MR) is 83.5 cm³/mol. The van der Waals surface area contributed by atoms with E-state index >= 15 is 0 Å². The zero-order valence-corrected chi connectivity index (χ0v) is 12.5. The van der Waals surface area contributed by atoms with E-state index in [-0.39, 0.29) is 11.8 Å². The molecule has 1 aliphatic rings. The smallest absolute Gasteiger partial charge is 0.270 e. The number of fused-ring (bicyclic) bond motifs is 1. The van der Waals surface area contributed by atoms with Gasteiger partial charge in [0.05, 0.1) is 6.54 Å². The SMILES string of the molecule is CN1C(=O)c2cccn2CC1C(=O)NCCc1ccccc1. The lowest BCUT2D eigenvalue weighted by atomic mass is 10.1. The molecule has 1 N–H and O–H groups in total. The Labute approximate surface area is 129 Å². The molecule has 0 radical (unpaired) electrons. The number of carbonyl (C=O) groups is 2. The highest BCUT2D eigenvalue weighted by Crippen LogP contribution is 2.16. The van der Waals surface area contributed by atoms with Gasteiger partial charge in [0, 0.05) is 19.8 Å². The quantitative estimate of drug-likeness (QED) is 0.925. The number of nitrogens with zero attached hydrogens (tertiary/aromatic N) is 2. The van der Waals surface area contributed by atoms with Gasteiger partial charge in [-0.15, -0.1) is 0 Å². The van der Waals surface area contributed by atoms with Gasteiger partial charge in [0.2, 0.25) is 5.91 Å². The number of rotatable bonds is 4. The van der Waals surface area contributed by atoms with Crippen LogP contribution in [0, 0.1) is 0 Å². The van der Waals surface area contributed by atoms with Crippen LogP contribution in [0.25, 0.3) is 0 Å². The number of benzene rings is 1. The summed E-state index contributed by atoms with van der Waals surface area (Å²) in [5.74, 6) is -0.217. The maximum atomic E-state index is 12.4. The highest BCUT2D eigenvalue weighted by molar-refractivity contribution is 5.97. The average molecular weight is 297 g/mol. The van der Waals surface area contributed by atoms with E-state index < -0.39 is 6.04 Å². The molecule has 5 heteroatoms. The molecule has 2 heterocycles. The van der Waals surface area contributed by atoms with Crippen molar-refractivity contribution in [3.05, 3.63) is 59.9 Å². The van der Waals surface area contributed by atoms with E-state index in [1.165, 1.54) is 10.5 Å². The molecule has 1 unspecified atom stereocenters. The first-order valence-corrected chi connectivity index (χ1v) is 7.41. The number of hydrogen-bond donors (Lipinski definition) is 1. The van der Waals surface area contributed by atoms with Crippen molar-refractivity contribution in [3.63, 3.8) is 0 Å². The number of hydrogen-bond acceptors (Lipinski definition) is 2. The minimum Gasteiger partial charge on any atom is -0.354 e. The first-order chi connectivity index (χ1) is 10.7. The van der Waals surface area contributed by atoms with Crippen LogP contribution in [0.5, 0.6) is 0 Å². The summed E-state index contributed by atoms with van der Waals surface area (Å²) in [4.78, 5) is 26.1. The summed E-state index contributed by atoms with van der Waals surface area (Å²) in [6, 6.07) is 13.2. The Balaban J connectivity index is 1.60. The second kappa shape index (κ2) is 6.05. The molecule has 2 aromatic rings. The van der Waals surface area contributed by atoms with E-state index in [1.807, 2.05) is 47.2 Å². The summed E-state index contributed by atoms with van der Waals surface area (Å²) >= 11 is 0. The third kappa shape index (κ3) is 2.74. The molecule has 3 rings (SSSR count). The van der Waals surface area contributed by atoms with Crippen LogP contribution in [-0.4, -0.2) is 40.9 Å². The summed E-state index contributed by atoms with van der Waals surface area (Å²) in [7, 11) is 1.68. The largest absolute Gasteiger partial charge is 0.354 e. The van der Waals surface area contributed by atoms with Crippen molar-refractivity contribution >= 4 is 11.8 Å². The molecule has 0 aliphatic carbocycles. The molecule has 2 amide bonds. The Morgan fingerprint density at radius 2 is 2.00 bits per heavy atom. The summed E-state index contributed by atoms with van der Waals surface area (Å²) in [6.07, 6.45) is 2.62. The first kappa shape index (κ1) is 14.4. The van der Waals surface area contributed by atoms with Crippen LogP contribution >= 0.6 is 0 Å². The Morgan fingerprint density at radius 1 is 1.23 bits per heavy atom. The molecule has 1 aliphatic heterocycles. The fourth-order valence-electron chi connectivity index (χ4n) is 2.75. The first-order valence-electron chi connectivity index (χ1n) is 7.41. The number of nitrogens with one attached hydrogen (secondary N) is 1. The highest BCUT2D eigenvalue weighted by atomic mass is 16.2. The van der Waals surface area contributed by atoms with Gasteiger partial charge in [-0.2, -0.15) is 0 Å². The summed E-state index contributed by atoms with van der Waals surface area (Å²) in [6.45, 7) is 1.07. The molecule has 0 saturated heterocycles. The molecule has 0 spiro atoms. The zero-order chi connectivity index (χ0) is 15.5. The standard InChI is InChI=1S/C17H19N3O2/c1-19-15(12-20-11-5-8-14(20)17(19)22)16(21)18-10-9-13-6-3-2-4-7-13/h2-8,11,15H,9-10,12H2,1H3,(H,18,21). The van der Waals surface area contributed by atoms with Crippen molar-refractivity contribution in [2.75, 3.05) is 13.6 Å². The maximum absolute atomic E-state index is 12.4. The molecule has 1 atom stereocenters. The molecule has 5 nitrogen and oxygen atoms in total. The van der Waals surface area contributed by atoms with Crippen molar-refractivity contribution in [3.8, 4) is 0 Å². The van der Waals surface area contributed by atoms with E-state index in [1.54, 1.807) is 13.1 Å². The van der Waals surface area contributed by atoms with E-state index in [2.05, 4.69) is 5.32 Å². The van der Waals surface area contributed by atoms with E-state index in [0.717, 1.165) is 6.42 Å². The highest BCUT2D eigenvalue weighted by Gasteiger charge is 2.33. The normalized spacial score (nSPS) is 17.2. The monoisotopic (exact) mass is 297 g/mol. The van der Waals surface area contributed by atoms with Crippen LogP contribution in [0.2, 0.25) is 0 Å². The Hall–Kier alpha value is -2.56. The van der Waals surface area contributed by atoms with Crippen LogP contribution in [-0.2, 0) is 17.8 Å². The van der Waals surface area contributed by atoms with Gasteiger partial charge in [-0.05, 0) is 24.1 Å². The third-order valence-electron chi connectivity index (χ3n) is 4.06. The minimum absolute atomic E-state index is 0.105. The van der Waals surface area contributed by atoms with Crippen LogP contribution < -0.4 is 5.32 Å². The van der Waals surface area contributed by atoms with Gasteiger partial charge in [0.25, 0.3) is 5.91 Å². The van der Waals surface area contributed by atoms with Crippen molar-refractivity contribution in [1.82, 2.24) is 14.8 Å². The van der Waals surface area contributed by atoms with E-state index in [4.69, 9.17) is 0 Å². The molecule has 1 aromatic carbocycles. The van der Waals surface area contributed by atoms with Gasteiger partial charge < -0.3 is 14.8 Å². The average Bonchev–Trinajstić information content (AvgIpc) is 3.00. The van der Waals surface area contributed by atoms with Crippen LogP contribution in [0.15, 0.2) is 48.7 Å². The van der Waals surface area contributed by atoms with Gasteiger partial charge in [-0.25, -0.2) is 0 Å².